The van der Waals surface area contributed by atoms with E-state index in [9.17, 15) is 22.8 Å². The minimum absolute atomic E-state index is 0.140. The van der Waals surface area contributed by atoms with Crippen molar-refractivity contribution in [1.29, 1.82) is 0 Å². The zero-order valence-electron chi connectivity index (χ0n) is 10.6. The molecule has 0 radical (unpaired) electrons. The smallest absolute Gasteiger partial charge is 0.480 e. The largest absolute Gasteiger partial charge is 0.522 e. The predicted octanol–water partition coefficient (Wildman–Crippen LogP) is 1.90. The number of rotatable bonds is 6. The van der Waals surface area contributed by atoms with E-state index in [0.29, 0.717) is 5.56 Å². The van der Waals surface area contributed by atoms with Crippen LogP contribution in [0.3, 0.4) is 0 Å². The Hall–Kier alpha value is -2.29. The van der Waals surface area contributed by atoms with E-state index in [0.717, 1.165) is 0 Å². The van der Waals surface area contributed by atoms with Crippen molar-refractivity contribution >= 4 is 12.1 Å². The molecule has 6 nitrogen and oxygen atoms in total. The van der Waals surface area contributed by atoms with Gasteiger partial charge in [0.2, 0.25) is 0 Å². The second-order valence-electron chi connectivity index (χ2n) is 3.85. The molecule has 0 aliphatic heterocycles. The number of carbonyl (C=O) groups excluding carboxylic acids is 1. The molecule has 9 heteroatoms. The van der Waals surface area contributed by atoms with Crippen LogP contribution in [-0.2, 0) is 20.9 Å². The van der Waals surface area contributed by atoms with Crippen molar-refractivity contribution in [3.63, 3.8) is 0 Å². The highest BCUT2D eigenvalue weighted by atomic mass is 19.4. The van der Waals surface area contributed by atoms with E-state index < -0.39 is 31.1 Å². The van der Waals surface area contributed by atoms with E-state index in [-0.39, 0.29) is 6.61 Å². The molecule has 0 bridgehead atoms. The number of carboxylic acid groups (broad SMARTS) is 1. The van der Waals surface area contributed by atoms with Crippen LogP contribution in [-0.4, -0.2) is 36.2 Å². The van der Waals surface area contributed by atoms with Gasteiger partial charge in [-0.15, -0.1) is 13.2 Å². The summed E-state index contributed by atoms with van der Waals surface area (Å²) in [5.41, 5.74) is 0.645. The Morgan fingerprint density at radius 1 is 1.24 bits per heavy atom. The summed E-state index contributed by atoms with van der Waals surface area (Å²) in [7, 11) is 0. The molecule has 116 valence electrons. The van der Waals surface area contributed by atoms with Crippen molar-refractivity contribution in [2.45, 2.75) is 19.0 Å². The molecule has 0 aromatic heterocycles. The number of ether oxygens (including phenoxy) is 2. The van der Waals surface area contributed by atoms with Gasteiger partial charge in [-0.2, -0.15) is 0 Å². The first-order valence-corrected chi connectivity index (χ1v) is 5.68. The van der Waals surface area contributed by atoms with Crippen LogP contribution in [0.4, 0.5) is 18.0 Å². The Morgan fingerprint density at radius 2 is 1.86 bits per heavy atom. The first-order valence-electron chi connectivity index (χ1n) is 5.68. The molecule has 1 unspecified atom stereocenters. The third kappa shape index (κ3) is 7.16. The van der Waals surface area contributed by atoms with Crippen molar-refractivity contribution in [3.8, 4) is 0 Å². The monoisotopic (exact) mass is 307 g/mol. The van der Waals surface area contributed by atoms with Crippen LogP contribution in [0, 0.1) is 0 Å². The highest BCUT2D eigenvalue weighted by Gasteiger charge is 2.33. The second-order valence-corrected chi connectivity index (χ2v) is 3.85. The number of aliphatic carboxylic acids is 1. The molecule has 21 heavy (non-hydrogen) atoms. The van der Waals surface area contributed by atoms with Gasteiger partial charge in [0.15, 0.2) is 6.04 Å². The van der Waals surface area contributed by atoms with E-state index in [1.54, 1.807) is 35.6 Å². The summed E-state index contributed by atoms with van der Waals surface area (Å²) in [5, 5.41) is 10.5. The average Bonchev–Trinajstić information content (AvgIpc) is 2.41. The number of alkyl carbamates (subject to hydrolysis) is 1. The number of halogens is 3. The van der Waals surface area contributed by atoms with Gasteiger partial charge in [0.25, 0.3) is 0 Å². The Kier molecular flexibility index (Phi) is 5.97. The SMILES string of the molecule is O=C(NC(COC(F)(F)F)C(=O)O)OCc1ccccc1. The summed E-state index contributed by atoms with van der Waals surface area (Å²) in [4.78, 5) is 22.0. The van der Waals surface area contributed by atoms with Gasteiger partial charge in [-0.1, -0.05) is 30.3 Å². The molecule has 0 spiro atoms. The number of alkyl halides is 3. The van der Waals surface area contributed by atoms with E-state index in [4.69, 9.17) is 9.84 Å². The average molecular weight is 307 g/mol. The van der Waals surface area contributed by atoms with Crippen molar-refractivity contribution in [3.05, 3.63) is 35.9 Å². The van der Waals surface area contributed by atoms with Crippen LogP contribution < -0.4 is 5.32 Å². The molecule has 1 aromatic carbocycles. The lowest BCUT2D eigenvalue weighted by atomic mass is 10.2. The maximum absolute atomic E-state index is 11.8. The van der Waals surface area contributed by atoms with Crippen molar-refractivity contribution < 1.29 is 37.3 Å². The molecule has 0 heterocycles. The van der Waals surface area contributed by atoms with Gasteiger partial charge in [-0.25, -0.2) is 9.59 Å². The minimum atomic E-state index is -4.98. The number of hydrogen-bond acceptors (Lipinski definition) is 4. The zero-order chi connectivity index (χ0) is 15.9. The van der Waals surface area contributed by atoms with Gasteiger partial charge < -0.3 is 15.2 Å². The maximum Gasteiger partial charge on any atom is 0.522 e. The fourth-order valence-electron chi connectivity index (χ4n) is 1.26. The number of nitrogens with one attached hydrogen (secondary N) is 1. The molecule has 0 aliphatic carbocycles. The highest BCUT2D eigenvalue weighted by molar-refractivity contribution is 5.80. The molecule has 0 saturated carbocycles. The summed E-state index contributed by atoms with van der Waals surface area (Å²) in [6.45, 7) is -1.39. The quantitative estimate of drug-likeness (QED) is 0.838. The summed E-state index contributed by atoms with van der Waals surface area (Å²) >= 11 is 0. The lowest BCUT2D eigenvalue weighted by Crippen LogP contribution is -2.45. The highest BCUT2D eigenvalue weighted by Crippen LogP contribution is 2.16. The lowest BCUT2D eigenvalue weighted by Gasteiger charge is -2.15. The summed E-state index contributed by atoms with van der Waals surface area (Å²) in [6.07, 6.45) is -6.14. The van der Waals surface area contributed by atoms with Gasteiger partial charge in [-0.05, 0) is 5.56 Å². The van der Waals surface area contributed by atoms with Crippen molar-refractivity contribution in [2.75, 3.05) is 6.61 Å². The van der Waals surface area contributed by atoms with Crippen LogP contribution in [0.2, 0.25) is 0 Å². The van der Waals surface area contributed by atoms with Gasteiger partial charge in [0.05, 0.1) is 6.61 Å². The molecule has 0 aliphatic rings. The van der Waals surface area contributed by atoms with Crippen molar-refractivity contribution in [2.24, 2.45) is 0 Å². The van der Waals surface area contributed by atoms with Crippen LogP contribution in [0.15, 0.2) is 30.3 Å². The summed E-state index contributed by atoms with van der Waals surface area (Å²) in [5.74, 6) is -1.67. The van der Waals surface area contributed by atoms with Crippen molar-refractivity contribution in [1.82, 2.24) is 5.32 Å². The fraction of sp³-hybridized carbons (Fsp3) is 0.333. The van der Waals surface area contributed by atoms with Gasteiger partial charge >= 0.3 is 18.4 Å². The van der Waals surface area contributed by atoms with Crippen LogP contribution in [0.5, 0.6) is 0 Å². The van der Waals surface area contributed by atoms with E-state index in [1.165, 1.54) is 0 Å². The van der Waals surface area contributed by atoms with Crippen LogP contribution in [0.1, 0.15) is 5.56 Å². The second kappa shape index (κ2) is 7.48. The topological polar surface area (TPSA) is 84.9 Å². The van der Waals surface area contributed by atoms with Gasteiger partial charge in [0, 0.05) is 0 Å². The molecule has 1 atom stereocenters. The normalized spacial score (nSPS) is 12.5. The Bertz CT molecular complexity index is 478. The molecule has 0 fully saturated rings. The number of carboxylic acids is 1. The van der Waals surface area contributed by atoms with E-state index >= 15 is 0 Å². The lowest BCUT2D eigenvalue weighted by molar-refractivity contribution is -0.325. The first kappa shape index (κ1) is 16.8. The predicted molar refractivity (Wildman–Crippen MR) is 63.2 cm³/mol. The molecule has 0 saturated heterocycles. The van der Waals surface area contributed by atoms with Crippen LogP contribution >= 0.6 is 0 Å². The molecular formula is C12H12F3NO5. The number of hydrogen-bond donors (Lipinski definition) is 2. The molecule has 2 N–H and O–H groups in total. The number of amides is 1. The molecule has 1 rings (SSSR count). The number of benzene rings is 1. The Morgan fingerprint density at radius 3 is 2.38 bits per heavy atom. The standard InChI is InChI=1S/C12H12F3NO5/c13-12(14,15)21-7-9(10(17)18)16-11(19)20-6-8-4-2-1-3-5-8/h1-5,9H,6-7H2,(H,16,19)(H,17,18). The van der Waals surface area contributed by atoms with Gasteiger partial charge in [-0.3, -0.25) is 4.74 Å². The van der Waals surface area contributed by atoms with Crippen LogP contribution in [0.25, 0.3) is 0 Å². The third-order valence-electron chi connectivity index (χ3n) is 2.22. The summed E-state index contributed by atoms with van der Waals surface area (Å²) in [6, 6.07) is 6.61. The fourth-order valence-corrected chi connectivity index (χ4v) is 1.26. The van der Waals surface area contributed by atoms with Gasteiger partial charge in [0.1, 0.15) is 6.61 Å². The minimum Gasteiger partial charge on any atom is -0.480 e. The molecule has 1 amide bonds. The molecule has 1 aromatic rings. The third-order valence-corrected chi connectivity index (χ3v) is 2.22. The maximum atomic E-state index is 11.8. The molecular weight excluding hydrogens is 295 g/mol. The zero-order valence-corrected chi connectivity index (χ0v) is 10.6. The Balaban J connectivity index is 2.43. The first-order chi connectivity index (χ1) is 9.78. The van der Waals surface area contributed by atoms with E-state index in [1.807, 2.05) is 0 Å². The number of carbonyl (C=O) groups is 2. The van der Waals surface area contributed by atoms with E-state index in [2.05, 4.69) is 4.74 Å². The summed E-state index contributed by atoms with van der Waals surface area (Å²) < 4.78 is 43.5. The Labute approximate surface area is 117 Å².